The molecule has 0 bridgehead atoms. The van der Waals surface area contributed by atoms with Crippen LogP contribution >= 0.6 is 0 Å². The van der Waals surface area contributed by atoms with Gasteiger partial charge in [0.05, 0.1) is 11.0 Å². The number of aromatic nitrogens is 3. The van der Waals surface area contributed by atoms with Crippen molar-refractivity contribution < 1.29 is 9.50 Å². The topological polar surface area (TPSA) is 50.4 Å². The molecule has 0 saturated heterocycles. The molecule has 130 valence electrons. The third-order valence-electron chi connectivity index (χ3n) is 5.27. The molecule has 1 aliphatic carbocycles. The Hall–Kier alpha value is -2.27. The Morgan fingerprint density at radius 2 is 1.84 bits per heavy atom. The van der Waals surface area contributed by atoms with Gasteiger partial charge in [-0.25, -0.2) is 4.39 Å². The number of hydrogen-bond donors (Lipinski definition) is 1. The number of halogens is 1. The lowest BCUT2D eigenvalue weighted by Crippen LogP contribution is -2.45. The van der Waals surface area contributed by atoms with Gasteiger partial charge in [0.1, 0.15) is 12.0 Å². The maximum Gasteiger partial charge on any atom is 0.166 e. The van der Waals surface area contributed by atoms with Gasteiger partial charge < -0.3 is 5.11 Å². The van der Waals surface area contributed by atoms with Crippen molar-refractivity contribution >= 4 is 5.65 Å². The van der Waals surface area contributed by atoms with Gasteiger partial charge in [-0.15, -0.1) is 10.2 Å². The third kappa shape index (κ3) is 2.45. The van der Waals surface area contributed by atoms with Gasteiger partial charge in [-0.05, 0) is 45.2 Å². The number of rotatable bonds is 3. The summed E-state index contributed by atoms with van der Waals surface area (Å²) in [7, 11) is 0. The van der Waals surface area contributed by atoms with E-state index in [-0.39, 0.29) is 0 Å². The number of fused-ring (bicyclic) bond motifs is 1. The Morgan fingerprint density at radius 3 is 2.44 bits per heavy atom. The van der Waals surface area contributed by atoms with E-state index in [2.05, 4.69) is 22.3 Å². The third-order valence-corrected chi connectivity index (χ3v) is 5.27. The molecule has 0 radical (unpaired) electrons. The van der Waals surface area contributed by atoms with Crippen LogP contribution in [-0.2, 0) is 11.0 Å². The van der Waals surface area contributed by atoms with E-state index in [9.17, 15) is 9.50 Å². The molecule has 0 aliphatic heterocycles. The molecule has 1 aliphatic rings. The lowest BCUT2D eigenvalue weighted by Gasteiger charge is -2.43. The second-order valence-electron chi connectivity index (χ2n) is 7.65. The van der Waals surface area contributed by atoms with Crippen molar-refractivity contribution in [1.29, 1.82) is 0 Å². The van der Waals surface area contributed by atoms with Crippen LogP contribution in [0.5, 0.6) is 0 Å². The van der Waals surface area contributed by atoms with Crippen LogP contribution in [0, 0.1) is 6.92 Å². The number of nitrogens with zero attached hydrogens (tertiary/aromatic N) is 3. The fourth-order valence-corrected chi connectivity index (χ4v) is 3.84. The largest absolute Gasteiger partial charge is 0.386 e. The predicted molar refractivity (Wildman–Crippen MR) is 94.3 cm³/mol. The summed E-state index contributed by atoms with van der Waals surface area (Å²) in [6, 6.07) is 11.9. The van der Waals surface area contributed by atoms with Crippen LogP contribution < -0.4 is 0 Å². The molecule has 2 aromatic heterocycles. The van der Waals surface area contributed by atoms with Crippen LogP contribution in [0.15, 0.2) is 42.6 Å². The van der Waals surface area contributed by atoms with Crippen molar-refractivity contribution in [2.24, 2.45) is 0 Å². The highest BCUT2D eigenvalue weighted by Crippen LogP contribution is 2.50. The average Bonchev–Trinajstić information content (AvgIpc) is 2.95. The zero-order valence-corrected chi connectivity index (χ0v) is 14.7. The molecule has 25 heavy (non-hydrogen) atoms. The Kier molecular flexibility index (Phi) is 3.48. The molecule has 1 N–H and O–H groups in total. The SMILES string of the molecule is Cc1ccc([C@]2(c3nnc4c(C(C)(C)O)cccn43)C[C@H](F)C2)cc1. The van der Waals surface area contributed by atoms with Gasteiger partial charge in [-0.3, -0.25) is 4.40 Å². The van der Waals surface area contributed by atoms with Gasteiger partial charge in [0.25, 0.3) is 0 Å². The van der Waals surface area contributed by atoms with E-state index < -0.39 is 17.2 Å². The van der Waals surface area contributed by atoms with Gasteiger partial charge in [0.2, 0.25) is 0 Å². The molecule has 4 rings (SSSR count). The first-order chi connectivity index (χ1) is 11.8. The van der Waals surface area contributed by atoms with E-state index in [0.29, 0.717) is 24.1 Å². The first-order valence-corrected chi connectivity index (χ1v) is 8.59. The first kappa shape index (κ1) is 16.2. The fourth-order valence-electron chi connectivity index (χ4n) is 3.84. The summed E-state index contributed by atoms with van der Waals surface area (Å²) in [4.78, 5) is 0. The average molecular weight is 339 g/mol. The Bertz CT molecular complexity index is 918. The standard InChI is InChI=1S/C20H22FN3O/c1-13-6-8-14(9-7-13)20(11-15(21)12-20)18-23-22-17-16(19(2,3)25)5-4-10-24(17)18/h4-10,15,25H,11-12H2,1-3H3/t15-,20-. The van der Waals surface area contributed by atoms with Crippen LogP contribution in [0.4, 0.5) is 4.39 Å². The summed E-state index contributed by atoms with van der Waals surface area (Å²) in [5, 5.41) is 19.2. The molecule has 1 aromatic carbocycles. The highest BCUT2D eigenvalue weighted by molar-refractivity contribution is 5.52. The van der Waals surface area contributed by atoms with E-state index >= 15 is 0 Å². The molecule has 0 spiro atoms. The summed E-state index contributed by atoms with van der Waals surface area (Å²) >= 11 is 0. The minimum Gasteiger partial charge on any atom is -0.386 e. The maximum absolute atomic E-state index is 13.9. The van der Waals surface area contributed by atoms with Crippen molar-refractivity contribution in [3.63, 3.8) is 0 Å². The second kappa shape index (κ2) is 5.36. The molecule has 1 fully saturated rings. The minimum atomic E-state index is -1.02. The highest BCUT2D eigenvalue weighted by atomic mass is 19.1. The van der Waals surface area contributed by atoms with Crippen LogP contribution in [0.25, 0.3) is 5.65 Å². The molecule has 4 nitrogen and oxygen atoms in total. The van der Waals surface area contributed by atoms with Gasteiger partial charge in [0.15, 0.2) is 5.65 Å². The van der Waals surface area contributed by atoms with Crippen molar-refractivity contribution in [1.82, 2.24) is 14.6 Å². The second-order valence-corrected chi connectivity index (χ2v) is 7.65. The lowest BCUT2D eigenvalue weighted by atomic mass is 9.62. The molecule has 0 amide bonds. The number of pyridine rings is 1. The molecular formula is C20H22FN3O. The van der Waals surface area contributed by atoms with Crippen molar-refractivity contribution in [3.8, 4) is 0 Å². The quantitative estimate of drug-likeness (QED) is 0.792. The van der Waals surface area contributed by atoms with Crippen molar-refractivity contribution in [2.45, 2.75) is 50.8 Å². The molecule has 5 heteroatoms. The van der Waals surface area contributed by atoms with Crippen molar-refractivity contribution in [3.05, 3.63) is 65.1 Å². The monoisotopic (exact) mass is 339 g/mol. The van der Waals surface area contributed by atoms with E-state index in [0.717, 1.165) is 11.4 Å². The number of aliphatic hydroxyl groups is 1. The normalized spacial score (nSPS) is 23.6. The molecular weight excluding hydrogens is 317 g/mol. The summed E-state index contributed by atoms with van der Waals surface area (Å²) in [6.07, 6.45) is 1.88. The Labute approximate surface area is 146 Å². The zero-order valence-electron chi connectivity index (χ0n) is 14.7. The first-order valence-electron chi connectivity index (χ1n) is 8.59. The van der Waals surface area contributed by atoms with Crippen LogP contribution in [0.1, 0.15) is 49.2 Å². The Balaban J connectivity index is 1.91. The number of hydrogen-bond acceptors (Lipinski definition) is 3. The van der Waals surface area contributed by atoms with E-state index in [1.54, 1.807) is 13.8 Å². The highest BCUT2D eigenvalue weighted by Gasteiger charge is 2.50. The molecule has 2 heterocycles. The van der Waals surface area contributed by atoms with E-state index in [1.807, 2.05) is 41.8 Å². The van der Waals surface area contributed by atoms with Gasteiger partial charge in [-0.2, -0.15) is 0 Å². The van der Waals surface area contributed by atoms with E-state index in [4.69, 9.17) is 0 Å². The summed E-state index contributed by atoms with van der Waals surface area (Å²) in [5.41, 5.74) is 2.08. The van der Waals surface area contributed by atoms with E-state index in [1.165, 1.54) is 5.56 Å². The molecule has 0 atom stereocenters. The maximum atomic E-state index is 13.9. The fraction of sp³-hybridized carbons (Fsp3) is 0.400. The van der Waals surface area contributed by atoms with Crippen LogP contribution in [0.2, 0.25) is 0 Å². The summed E-state index contributed by atoms with van der Waals surface area (Å²) < 4.78 is 15.8. The predicted octanol–water partition coefficient (Wildman–Crippen LogP) is 3.68. The molecule has 3 aromatic rings. The van der Waals surface area contributed by atoms with Gasteiger partial charge >= 0.3 is 0 Å². The van der Waals surface area contributed by atoms with Gasteiger partial charge in [0, 0.05) is 11.8 Å². The molecule has 1 saturated carbocycles. The number of alkyl halides is 1. The molecule has 0 unspecified atom stereocenters. The van der Waals surface area contributed by atoms with Crippen LogP contribution in [0.3, 0.4) is 0 Å². The zero-order chi connectivity index (χ0) is 17.8. The summed E-state index contributed by atoms with van der Waals surface area (Å²) in [6.45, 7) is 5.50. The van der Waals surface area contributed by atoms with Gasteiger partial charge in [-0.1, -0.05) is 35.9 Å². The lowest BCUT2D eigenvalue weighted by molar-refractivity contribution is 0.0795. The number of aryl methyl sites for hydroxylation is 1. The van der Waals surface area contributed by atoms with Crippen LogP contribution in [-0.4, -0.2) is 25.9 Å². The minimum absolute atomic E-state index is 0.406. The Morgan fingerprint density at radius 1 is 1.16 bits per heavy atom. The summed E-state index contributed by atoms with van der Waals surface area (Å²) in [5.74, 6) is 0.742. The smallest absolute Gasteiger partial charge is 0.166 e. The van der Waals surface area contributed by atoms with Crippen molar-refractivity contribution in [2.75, 3.05) is 0 Å². The number of benzene rings is 1.